The van der Waals surface area contributed by atoms with Crippen molar-refractivity contribution in [3.05, 3.63) is 78.4 Å². The molecule has 6 nitrogen and oxygen atoms in total. The summed E-state index contributed by atoms with van der Waals surface area (Å²) in [6.45, 7) is 1.49. The number of hydrogen-bond donors (Lipinski definition) is 1. The van der Waals surface area contributed by atoms with Crippen LogP contribution in [0.4, 0.5) is 0 Å². The van der Waals surface area contributed by atoms with E-state index in [9.17, 15) is 9.59 Å². The van der Waals surface area contributed by atoms with Gasteiger partial charge in [-0.05, 0) is 79.3 Å². The smallest absolute Gasteiger partial charge is 0.255 e. The van der Waals surface area contributed by atoms with Gasteiger partial charge >= 0.3 is 0 Å². The van der Waals surface area contributed by atoms with Crippen molar-refractivity contribution in [1.82, 2.24) is 15.2 Å². The molecule has 1 fully saturated rings. The maximum Gasteiger partial charge on any atom is 0.255 e. The molecule has 3 aliphatic rings. The first-order valence-electron chi connectivity index (χ1n) is 11.6. The van der Waals surface area contributed by atoms with Crippen LogP contribution in [0.25, 0.3) is 33.7 Å². The lowest BCUT2D eigenvalue weighted by Gasteiger charge is -2.39. The fraction of sp³-hybridized carbons (Fsp3) is 0.250. The Hall–Kier alpha value is -3.93. The summed E-state index contributed by atoms with van der Waals surface area (Å²) in [5, 5.41) is 3.00. The Bertz CT molecular complexity index is 1300. The third-order valence-corrected chi connectivity index (χ3v) is 6.57. The van der Waals surface area contributed by atoms with Gasteiger partial charge in [-0.1, -0.05) is 30.3 Å². The molecular formula is C28H27N3O3. The number of carbonyl (C=O) groups excluding carboxylic acids is 2. The number of aromatic nitrogens is 1. The molecule has 0 atom stereocenters. The molecule has 0 spiro atoms. The largest absolute Gasteiger partial charge is 0.436 e. The second-order valence-electron chi connectivity index (χ2n) is 8.93. The number of fused-ring (bicyclic) bond motifs is 2. The second kappa shape index (κ2) is 8.78. The number of carbonyl (C=O) groups is 2. The molecule has 2 aromatic carbocycles. The molecule has 1 N–H and O–H groups in total. The van der Waals surface area contributed by atoms with Crippen LogP contribution >= 0.6 is 0 Å². The summed E-state index contributed by atoms with van der Waals surface area (Å²) in [5.74, 6) is 0.298. The van der Waals surface area contributed by atoms with Crippen LogP contribution in [-0.4, -0.2) is 34.4 Å². The van der Waals surface area contributed by atoms with Crippen LogP contribution < -0.4 is 5.32 Å². The maximum absolute atomic E-state index is 13.0. The Labute approximate surface area is 198 Å². The first-order valence-corrected chi connectivity index (χ1v) is 11.6. The minimum Gasteiger partial charge on any atom is -0.436 e. The summed E-state index contributed by atoms with van der Waals surface area (Å²) in [7, 11) is 1.76. The van der Waals surface area contributed by atoms with E-state index >= 15 is 0 Å². The molecule has 6 rings (SSSR count). The molecule has 1 heterocycles. The van der Waals surface area contributed by atoms with Crippen LogP contribution in [0, 0.1) is 0 Å². The van der Waals surface area contributed by atoms with Crippen LogP contribution in [0.2, 0.25) is 0 Å². The number of benzene rings is 3. The predicted octanol–water partition coefficient (Wildman–Crippen LogP) is 5.64. The van der Waals surface area contributed by atoms with E-state index < -0.39 is 5.66 Å². The van der Waals surface area contributed by atoms with E-state index in [2.05, 4.69) is 34.6 Å². The molecule has 6 heteroatoms. The number of nitrogens with one attached hydrogen (secondary N) is 1. The molecule has 0 radical (unpaired) electrons. The van der Waals surface area contributed by atoms with Crippen molar-refractivity contribution >= 4 is 22.9 Å². The van der Waals surface area contributed by atoms with Gasteiger partial charge in [0.05, 0.1) is 0 Å². The van der Waals surface area contributed by atoms with E-state index in [1.807, 2.05) is 36.4 Å². The number of hydrogen-bond acceptors (Lipinski definition) is 4. The normalized spacial score (nSPS) is 14.8. The molecular weight excluding hydrogens is 426 g/mol. The third kappa shape index (κ3) is 4.31. The Morgan fingerprint density at radius 2 is 1.59 bits per heavy atom. The van der Waals surface area contributed by atoms with Crippen molar-refractivity contribution in [2.45, 2.75) is 38.3 Å². The highest BCUT2D eigenvalue weighted by Crippen LogP contribution is 2.34. The van der Waals surface area contributed by atoms with Crippen LogP contribution in [0.1, 0.15) is 43.0 Å². The summed E-state index contributed by atoms with van der Waals surface area (Å²) >= 11 is 0. The van der Waals surface area contributed by atoms with Crippen molar-refractivity contribution in [3.8, 4) is 22.6 Å². The summed E-state index contributed by atoms with van der Waals surface area (Å²) in [6, 6.07) is 23.3. The van der Waals surface area contributed by atoms with Crippen LogP contribution in [0.3, 0.4) is 0 Å². The quantitative estimate of drug-likeness (QED) is 0.357. The molecule has 34 heavy (non-hydrogen) atoms. The highest BCUT2D eigenvalue weighted by Gasteiger charge is 2.41. The van der Waals surface area contributed by atoms with E-state index in [1.54, 1.807) is 24.1 Å². The SMILES string of the molecule is CC(=O)NC1(N(C)C(=O)c2ccc(-c3nc4ccccc4o3)cc2)CCCC1.c1cc2cc-2c1. The van der Waals surface area contributed by atoms with Crippen molar-refractivity contribution in [2.75, 3.05) is 7.05 Å². The van der Waals surface area contributed by atoms with Crippen molar-refractivity contribution in [1.29, 1.82) is 0 Å². The number of rotatable bonds is 4. The van der Waals surface area contributed by atoms with Gasteiger partial charge in [-0.15, -0.1) is 0 Å². The van der Waals surface area contributed by atoms with Crippen molar-refractivity contribution in [3.63, 3.8) is 0 Å². The monoisotopic (exact) mass is 453 g/mol. The lowest BCUT2D eigenvalue weighted by Crippen LogP contribution is -2.59. The molecule has 172 valence electrons. The fourth-order valence-electron chi connectivity index (χ4n) is 4.65. The van der Waals surface area contributed by atoms with Crippen LogP contribution in [0.5, 0.6) is 0 Å². The van der Waals surface area contributed by atoms with Gasteiger partial charge < -0.3 is 14.6 Å². The highest BCUT2D eigenvalue weighted by atomic mass is 16.3. The molecule has 1 aromatic heterocycles. The average Bonchev–Trinajstić information content (AvgIpc) is 3.25. The summed E-state index contributed by atoms with van der Waals surface area (Å²) in [4.78, 5) is 30.9. The molecule has 1 saturated carbocycles. The van der Waals surface area contributed by atoms with Crippen molar-refractivity contribution < 1.29 is 14.0 Å². The zero-order chi connectivity index (χ0) is 23.7. The van der Waals surface area contributed by atoms with Gasteiger partial charge in [-0.3, -0.25) is 9.59 Å². The van der Waals surface area contributed by atoms with Gasteiger partial charge in [0.25, 0.3) is 5.91 Å². The summed E-state index contributed by atoms with van der Waals surface area (Å²) in [6.07, 6.45) is 3.54. The van der Waals surface area contributed by atoms with Gasteiger partial charge in [0.15, 0.2) is 5.58 Å². The van der Waals surface area contributed by atoms with Crippen molar-refractivity contribution in [2.24, 2.45) is 0 Å². The Balaban J connectivity index is 0.000000343. The van der Waals surface area contributed by atoms with E-state index in [0.717, 1.165) is 42.3 Å². The summed E-state index contributed by atoms with van der Waals surface area (Å²) in [5.41, 5.74) is 5.17. The lowest BCUT2D eigenvalue weighted by atomic mass is 10.0. The Kier molecular flexibility index (Phi) is 5.65. The minimum absolute atomic E-state index is 0.111. The third-order valence-electron chi connectivity index (χ3n) is 6.57. The molecule has 2 amide bonds. The lowest BCUT2D eigenvalue weighted by molar-refractivity contribution is -0.122. The first kappa shape index (κ1) is 21.9. The number of amides is 2. The van der Waals surface area contributed by atoms with E-state index in [1.165, 1.54) is 18.1 Å². The van der Waals surface area contributed by atoms with Crippen LogP contribution in [-0.2, 0) is 4.79 Å². The van der Waals surface area contributed by atoms with Gasteiger partial charge in [-0.25, -0.2) is 4.98 Å². The minimum atomic E-state index is -0.595. The van der Waals surface area contributed by atoms with Gasteiger partial charge in [0.2, 0.25) is 11.8 Å². The topological polar surface area (TPSA) is 75.4 Å². The highest BCUT2D eigenvalue weighted by molar-refractivity contribution is 5.95. The van der Waals surface area contributed by atoms with Gasteiger partial charge in [-0.2, -0.15) is 0 Å². The number of oxazole rings is 1. The molecule has 3 aromatic rings. The first-order chi connectivity index (χ1) is 16.4. The molecule has 0 unspecified atom stereocenters. The van der Waals surface area contributed by atoms with E-state index in [4.69, 9.17) is 4.42 Å². The Morgan fingerprint density at radius 1 is 0.912 bits per heavy atom. The fourth-order valence-corrected chi connectivity index (χ4v) is 4.65. The molecule has 0 saturated heterocycles. The summed E-state index contributed by atoms with van der Waals surface area (Å²) < 4.78 is 5.79. The van der Waals surface area contributed by atoms with Crippen LogP contribution in [0.15, 0.2) is 77.2 Å². The van der Waals surface area contributed by atoms with E-state index in [0.29, 0.717) is 11.5 Å². The zero-order valence-electron chi connectivity index (χ0n) is 19.4. The number of para-hydroxylation sites is 2. The van der Waals surface area contributed by atoms with E-state index in [-0.39, 0.29) is 11.8 Å². The standard InChI is InChI=1S/C22H23N3O3.C6H4/c1-15(26)24-22(13-5-6-14-22)25(2)21(27)17-11-9-16(10-12-17)20-23-18-7-3-4-8-19(18)28-20;1-2-5-4-6(5)3-1/h3-4,7-12H,5-6,13-14H2,1-2H3,(H,24,26);1-4H. The molecule has 0 aliphatic heterocycles. The zero-order valence-corrected chi connectivity index (χ0v) is 19.4. The average molecular weight is 454 g/mol. The van der Waals surface area contributed by atoms with Gasteiger partial charge in [0.1, 0.15) is 11.2 Å². The molecule has 3 aliphatic carbocycles. The van der Waals surface area contributed by atoms with Gasteiger partial charge in [0, 0.05) is 25.1 Å². The molecule has 0 bridgehead atoms. The maximum atomic E-state index is 13.0. The second-order valence-corrected chi connectivity index (χ2v) is 8.93. The Morgan fingerprint density at radius 3 is 2.15 bits per heavy atom. The predicted molar refractivity (Wildman–Crippen MR) is 132 cm³/mol. The number of nitrogens with zero attached hydrogens (tertiary/aromatic N) is 2.